The zero-order valence-corrected chi connectivity index (χ0v) is 24.5. The number of rotatable bonds is 9. The number of methoxy groups -OCH3 is 2. The minimum Gasteiger partial charge on any atom is -0.493 e. The van der Waals surface area contributed by atoms with Crippen molar-refractivity contribution in [3.8, 4) is 28.4 Å². The Kier molecular flexibility index (Phi) is 8.64. The summed E-state index contributed by atoms with van der Waals surface area (Å²) in [4.78, 5) is 28.4. The summed E-state index contributed by atoms with van der Waals surface area (Å²) in [5.74, 6) is 1.65. The van der Waals surface area contributed by atoms with Gasteiger partial charge in [0.1, 0.15) is 12.4 Å². The van der Waals surface area contributed by atoms with Crippen LogP contribution in [0.4, 0.5) is 5.82 Å². The fourth-order valence-corrected chi connectivity index (χ4v) is 6.13. The lowest BCUT2D eigenvalue weighted by atomic mass is 9.99. The third-order valence-corrected chi connectivity index (χ3v) is 8.25. The van der Waals surface area contributed by atoms with Crippen LogP contribution in [0.3, 0.4) is 0 Å². The van der Waals surface area contributed by atoms with Crippen molar-refractivity contribution in [2.24, 2.45) is 0 Å². The lowest BCUT2D eigenvalue weighted by Gasteiger charge is -2.23. The third kappa shape index (κ3) is 5.81. The highest BCUT2D eigenvalue weighted by atomic mass is 32.2. The Labute approximate surface area is 244 Å². The number of nitrogens with one attached hydrogen (secondary N) is 1. The minimum atomic E-state index is -0.271. The third-order valence-electron chi connectivity index (χ3n) is 7.00. The van der Waals surface area contributed by atoms with Crippen LogP contribution in [0.2, 0.25) is 0 Å². The zero-order chi connectivity index (χ0) is 28.9. The summed E-state index contributed by atoms with van der Waals surface area (Å²) < 4.78 is 12.9. The van der Waals surface area contributed by atoms with Crippen molar-refractivity contribution in [1.82, 2.24) is 15.1 Å². The number of thioether (sulfide) groups is 1. The molecule has 0 aliphatic carbocycles. The highest BCUT2D eigenvalue weighted by Gasteiger charge is 2.38. The molecule has 0 unspecified atom stereocenters. The monoisotopic (exact) mass is 570 g/mol. The summed E-state index contributed by atoms with van der Waals surface area (Å²) in [6, 6.07) is 23.8. The first-order valence-electron chi connectivity index (χ1n) is 13.6. The van der Waals surface area contributed by atoms with Gasteiger partial charge in [-0.1, -0.05) is 61.0 Å². The predicted molar refractivity (Wildman–Crippen MR) is 163 cm³/mol. The molecule has 5 rings (SSSR count). The topological polar surface area (TPSA) is 85.7 Å². The molecule has 2 heterocycles. The predicted octanol–water partition coefficient (Wildman–Crippen LogP) is 5.56. The standard InChI is InChI=1S/C32H34N4O4S/c1-5-17-33-27(37)19-35-28(38)20-41-31(23-13-16-25(39-3)26(18-23)40-4)29-30(22-9-7-6-8-10-22)34-36(32(29)35)24-14-11-21(2)12-15-24/h6-16,18,31H,5,17,19-20H2,1-4H3,(H,33,37)/t31-/m1/s1. The van der Waals surface area contributed by atoms with E-state index in [1.807, 2.05) is 91.3 Å². The number of carbonyl (C=O) groups is 2. The van der Waals surface area contributed by atoms with Gasteiger partial charge in [-0.05, 0) is 43.2 Å². The van der Waals surface area contributed by atoms with Gasteiger partial charge in [-0.3, -0.25) is 14.5 Å². The average molecular weight is 571 g/mol. The second kappa shape index (κ2) is 12.5. The molecule has 9 heteroatoms. The van der Waals surface area contributed by atoms with Crippen LogP contribution in [-0.4, -0.2) is 54.7 Å². The molecular formula is C32H34N4O4S. The van der Waals surface area contributed by atoms with Gasteiger partial charge in [-0.25, -0.2) is 4.68 Å². The Bertz CT molecular complexity index is 1540. The van der Waals surface area contributed by atoms with E-state index in [2.05, 4.69) is 5.32 Å². The Morgan fingerprint density at radius 3 is 2.44 bits per heavy atom. The van der Waals surface area contributed by atoms with Gasteiger partial charge in [0.25, 0.3) is 0 Å². The molecule has 0 spiro atoms. The normalized spacial score (nSPS) is 14.8. The highest BCUT2D eigenvalue weighted by Crippen LogP contribution is 2.49. The van der Waals surface area contributed by atoms with Crippen molar-refractivity contribution < 1.29 is 19.1 Å². The molecule has 1 atom stereocenters. The van der Waals surface area contributed by atoms with E-state index in [0.717, 1.165) is 40.1 Å². The van der Waals surface area contributed by atoms with E-state index >= 15 is 0 Å². The molecule has 1 aliphatic heterocycles. The van der Waals surface area contributed by atoms with Gasteiger partial charge < -0.3 is 14.8 Å². The van der Waals surface area contributed by atoms with Gasteiger partial charge in [0, 0.05) is 17.7 Å². The van der Waals surface area contributed by atoms with E-state index in [1.165, 1.54) is 11.8 Å². The molecular weight excluding hydrogens is 536 g/mol. The summed E-state index contributed by atoms with van der Waals surface area (Å²) in [6.07, 6.45) is 0.807. The Balaban J connectivity index is 1.78. The molecule has 41 heavy (non-hydrogen) atoms. The number of hydrogen-bond donors (Lipinski definition) is 1. The number of aromatic nitrogens is 2. The van der Waals surface area contributed by atoms with E-state index in [9.17, 15) is 9.59 Å². The van der Waals surface area contributed by atoms with Crippen molar-refractivity contribution in [2.75, 3.05) is 38.0 Å². The maximum atomic E-state index is 13.8. The number of ether oxygens (including phenoxy) is 2. The smallest absolute Gasteiger partial charge is 0.240 e. The van der Waals surface area contributed by atoms with Crippen LogP contribution >= 0.6 is 11.8 Å². The Morgan fingerprint density at radius 1 is 1.02 bits per heavy atom. The first kappa shape index (κ1) is 28.3. The van der Waals surface area contributed by atoms with Crippen molar-refractivity contribution in [3.05, 3.63) is 89.5 Å². The molecule has 0 saturated carbocycles. The van der Waals surface area contributed by atoms with Gasteiger partial charge in [0.2, 0.25) is 11.8 Å². The SMILES string of the molecule is CCCNC(=O)CN1C(=O)CS[C@H](c2ccc(OC)c(OC)c2)c2c(-c3ccccc3)nn(-c3ccc(C)cc3)c21. The van der Waals surface area contributed by atoms with Crippen LogP contribution in [0.5, 0.6) is 11.5 Å². The lowest BCUT2D eigenvalue weighted by Crippen LogP contribution is -2.42. The number of aryl methyl sites for hydroxylation is 1. The van der Waals surface area contributed by atoms with Crippen LogP contribution < -0.4 is 19.7 Å². The van der Waals surface area contributed by atoms with Crippen molar-refractivity contribution in [3.63, 3.8) is 0 Å². The van der Waals surface area contributed by atoms with Crippen molar-refractivity contribution in [1.29, 1.82) is 0 Å². The first-order chi connectivity index (χ1) is 19.9. The molecule has 1 aromatic heterocycles. The molecule has 0 radical (unpaired) electrons. The number of amides is 2. The maximum Gasteiger partial charge on any atom is 0.240 e. The van der Waals surface area contributed by atoms with Crippen LogP contribution in [0.25, 0.3) is 16.9 Å². The number of fused-ring (bicyclic) bond motifs is 1. The zero-order valence-electron chi connectivity index (χ0n) is 23.7. The van der Waals surface area contributed by atoms with Gasteiger partial charge in [0.05, 0.1) is 36.6 Å². The van der Waals surface area contributed by atoms with Crippen LogP contribution in [-0.2, 0) is 9.59 Å². The van der Waals surface area contributed by atoms with E-state index < -0.39 is 0 Å². The van der Waals surface area contributed by atoms with Gasteiger partial charge in [-0.15, -0.1) is 11.8 Å². The van der Waals surface area contributed by atoms with Crippen LogP contribution in [0, 0.1) is 6.92 Å². The highest BCUT2D eigenvalue weighted by molar-refractivity contribution is 8.00. The van der Waals surface area contributed by atoms with Crippen LogP contribution in [0.1, 0.15) is 35.3 Å². The fourth-order valence-electron chi connectivity index (χ4n) is 4.94. The summed E-state index contributed by atoms with van der Waals surface area (Å²) in [5.41, 5.74) is 5.40. The molecule has 212 valence electrons. The summed E-state index contributed by atoms with van der Waals surface area (Å²) >= 11 is 1.52. The second-order valence-electron chi connectivity index (χ2n) is 9.83. The summed E-state index contributed by atoms with van der Waals surface area (Å²) in [7, 11) is 3.22. The van der Waals surface area contributed by atoms with E-state index in [-0.39, 0.29) is 29.4 Å². The molecule has 4 aromatic rings. The van der Waals surface area contributed by atoms with E-state index in [1.54, 1.807) is 19.1 Å². The van der Waals surface area contributed by atoms with Gasteiger partial charge >= 0.3 is 0 Å². The molecule has 0 bridgehead atoms. The summed E-state index contributed by atoms with van der Waals surface area (Å²) in [5, 5.41) is 7.79. The number of carbonyl (C=O) groups excluding carboxylic acids is 2. The van der Waals surface area contributed by atoms with E-state index in [0.29, 0.717) is 23.9 Å². The molecule has 3 aromatic carbocycles. The van der Waals surface area contributed by atoms with E-state index in [4.69, 9.17) is 14.6 Å². The average Bonchev–Trinajstić information content (AvgIpc) is 3.33. The Hall–Kier alpha value is -4.24. The first-order valence-corrected chi connectivity index (χ1v) is 14.7. The maximum absolute atomic E-state index is 13.8. The minimum absolute atomic E-state index is 0.100. The molecule has 1 N–H and O–H groups in total. The van der Waals surface area contributed by atoms with Crippen molar-refractivity contribution >= 4 is 29.4 Å². The fraction of sp³-hybridized carbons (Fsp3) is 0.281. The molecule has 1 aliphatic rings. The van der Waals surface area contributed by atoms with Crippen LogP contribution in [0.15, 0.2) is 72.8 Å². The largest absolute Gasteiger partial charge is 0.493 e. The summed E-state index contributed by atoms with van der Waals surface area (Å²) in [6.45, 7) is 4.47. The quantitative estimate of drug-likeness (QED) is 0.284. The molecule has 0 fully saturated rings. The number of anilines is 1. The molecule has 8 nitrogen and oxygen atoms in total. The number of hydrogen-bond acceptors (Lipinski definition) is 6. The lowest BCUT2D eigenvalue weighted by molar-refractivity contribution is -0.122. The van der Waals surface area contributed by atoms with Gasteiger partial charge in [-0.2, -0.15) is 5.10 Å². The molecule has 0 saturated heterocycles. The molecule has 2 amide bonds. The van der Waals surface area contributed by atoms with Crippen molar-refractivity contribution in [2.45, 2.75) is 25.5 Å². The Morgan fingerprint density at radius 2 is 1.76 bits per heavy atom. The number of nitrogens with zero attached hydrogens (tertiary/aromatic N) is 3. The number of benzene rings is 3. The van der Waals surface area contributed by atoms with Gasteiger partial charge in [0.15, 0.2) is 11.5 Å². The second-order valence-corrected chi connectivity index (χ2v) is 10.9.